The average molecular weight is 402 g/mol. The van der Waals surface area contributed by atoms with Gasteiger partial charge in [0.05, 0.1) is 17.6 Å². The quantitative estimate of drug-likeness (QED) is 0.722. The zero-order valence-corrected chi connectivity index (χ0v) is 17.5. The van der Waals surface area contributed by atoms with E-state index in [0.29, 0.717) is 6.54 Å². The molecule has 1 N–H and O–H groups in total. The van der Waals surface area contributed by atoms with Gasteiger partial charge in [-0.25, -0.2) is 14.8 Å². The number of nitrogens with zero attached hydrogens (tertiary/aromatic N) is 4. The van der Waals surface area contributed by atoms with Crippen molar-refractivity contribution in [3.63, 3.8) is 0 Å². The Hall–Kier alpha value is -2.99. The van der Waals surface area contributed by atoms with Gasteiger partial charge in [-0.1, -0.05) is 30.3 Å². The first-order valence-corrected chi connectivity index (χ1v) is 10.5. The number of aromatic nitrogens is 2. The third-order valence-corrected chi connectivity index (χ3v) is 7.08. The number of fused-ring (bicyclic) bond motifs is 1. The molecule has 3 aromatic rings. The van der Waals surface area contributed by atoms with Crippen molar-refractivity contribution in [2.45, 2.75) is 36.8 Å². The number of amides is 2. The zero-order chi connectivity index (χ0) is 20.8. The minimum Gasteiger partial charge on any atom is -0.330 e. The summed E-state index contributed by atoms with van der Waals surface area (Å²) in [5.41, 5.74) is 3.00. The second kappa shape index (κ2) is 7.06. The van der Waals surface area contributed by atoms with Gasteiger partial charge in [-0.15, -0.1) is 0 Å². The normalized spacial score (nSPS) is 26.5. The fraction of sp³-hybridized carbons (Fsp3) is 0.375. The lowest BCUT2D eigenvalue weighted by molar-refractivity contribution is 0.0658. The molecule has 1 aliphatic heterocycles. The largest absolute Gasteiger partial charge is 0.330 e. The molecule has 0 atom stereocenters. The van der Waals surface area contributed by atoms with Gasteiger partial charge in [-0.3, -0.25) is 9.80 Å². The molecule has 2 heterocycles. The van der Waals surface area contributed by atoms with Crippen LogP contribution in [0.2, 0.25) is 0 Å². The van der Waals surface area contributed by atoms with Crippen molar-refractivity contribution in [2.75, 3.05) is 25.5 Å². The first-order valence-electron chi connectivity index (χ1n) is 10.5. The average Bonchev–Trinajstić information content (AvgIpc) is 3.10. The maximum absolute atomic E-state index is 12.9. The molecule has 0 radical (unpaired) electrons. The Morgan fingerprint density at radius 3 is 2.53 bits per heavy atom. The van der Waals surface area contributed by atoms with Crippen molar-refractivity contribution in [1.82, 2.24) is 20.2 Å². The summed E-state index contributed by atoms with van der Waals surface area (Å²) < 4.78 is 0. The van der Waals surface area contributed by atoms with Crippen LogP contribution in [0.15, 0.2) is 61.1 Å². The van der Waals surface area contributed by atoms with Crippen LogP contribution < -0.4 is 10.2 Å². The Kier molecular flexibility index (Phi) is 4.47. The van der Waals surface area contributed by atoms with E-state index in [2.05, 4.69) is 64.6 Å². The zero-order valence-electron chi connectivity index (χ0n) is 17.5. The Morgan fingerprint density at radius 2 is 1.80 bits per heavy atom. The lowest BCUT2D eigenvalue weighted by Gasteiger charge is -2.48. The third kappa shape index (κ3) is 3.03. The number of rotatable bonds is 3. The fourth-order valence-corrected chi connectivity index (χ4v) is 5.22. The molecule has 1 aromatic heterocycles. The molecule has 2 amide bonds. The smallest absolute Gasteiger partial charge is 0.322 e. The Balaban J connectivity index is 1.39. The molecule has 0 bridgehead atoms. The molecule has 2 fully saturated rings. The second-order valence-electron chi connectivity index (χ2n) is 8.85. The van der Waals surface area contributed by atoms with E-state index in [1.165, 1.54) is 5.56 Å². The highest BCUT2D eigenvalue weighted by molar-refractivity contribution is 5.97. The van der Waals surface area contributed by atoms with Gasteiger partial charge in [0.25, 0.3) is 0 Å². The third-order valence-electron chi connectivity index (χ3n) is 7.08. The molecule has 0 unspecified atom stereocenters. The number of nitrogens with one attached hydrogen (secondary N) is 1. The monoisotopic (exact) mass is 401 g/mol. The Labute approximate surface area is 176 Å². The summed E-state index contributed by atoms with van der Waals surface area (Å²) in [5.74, 6) is 0. The lowest BCUT2D eigenvalue weighted by Crippen LogP contribution is -2.54. The van der Waals surface area contributed by atoms with Crippen molar-refractivity contribution in [3.05, 3.63) is 66.6 Å². The van der Waals surface area contributed by atoms with E-state index in [1.54, 1.807) is 12.5 Å². The van der Waals surface area contributed by atoms with Crippen LogP contribution in [0.4, 0.5) is 10.5 Å². The van der Waals surface area contributed by atoms with Crippen LogP contribution in [0.25, 0.3) is 10.9 Å². The summed E-state index contributed by atoms with van der Waals surface area (Å²) in [7, 11) is 4.34. The molecule has 6 nitrogen and oxygen atoms in total. The lowest BCUT2D eigenvalue weighted by atomic mass is 9.69. The van der Waals surface area contributed by atoms with E-state index in [4.69, 9.17) is 0 Å². The molecule has 1 aliphatic carbocycles. The molecule has 1 saturated carbocycles. The van der Waals surface area contributed by atoms with E-state index in [0.717, 1.165) is 42.3 Å². The van der Waals surface area contributed by atoms with Crippen LogP contribution in [-0.2, 0) is 5.54 Å². The van der Waals surface area contributed by atoms with Gasteiger partial charge >= 0.3 is 6.03 Å². The van der Waals surface area contributed by atoms with Crippen LogP contribution in [0.5, 0.6) is 0 Å². The van der Waals surface area contributed by atoms with Crippen molar-refractivity contribution in [2.24, 2.45) is 0 Å². The molecule has 6 heteroatoms. The number of benzene rings is 2. The van der Waals surface area contributed by atoms with Crippen LogP contribution in [0.1, 0.15) is 31.2 Å². The molecule has 1 saturated heterocycles. The molecule has 154 valence electrons. The van der Waals surface area contributed by atoms with E-state index < -0.39 is 0 Å². The predicted molar refractivity (Wildman–Crippen MR) is 118 cm³/mol. The Morgan fingerprint density at radius 1 is 1.03 bits per heavy atom. The van der Waals surface area contributed by atoms with E-state index >= 15 is 0 Å². The van der Waals surface area contributed by atoms with E-state index in [9.17, 15) is 4.79 Å². The minimum absolute atomic E-state index is 0.0109. The SMILES string of the molecule is CN(C)[C@]1(c2ccccc2)CC[C@]2(CC1)CN(c1ccc3ncncc3c1)C(=O)N2. The number of hydrogen-bond acceptors (Lipinski definition) is 4. The van der Waals surface area contributed by atoms with Crippen molar-refractivity contribution < 1.29 is 4.79 Å². The number of carbonyl (C=O) groups excluding carboxylic acids is 1. The molecular formula is C24H27N5O. The molecular weight excluding hydrogens is 374 g/mol. The molecule has 1 spiro atoms. The van der Waals surface area contributed by atoms with Gasteiger partial charge in [0, 0.05) is 22.8 Å². The van der Waals surface area contributed by atoms with Gasteiger partial charge < -0.3 is 5.32 Å². The van der Waals surface area contributed by atoms with Crippen molar-refractivity contribution in [3.8, 4) is 0 Å². The van der Waals surface area contributed by atoms with Crippen molar-refractivity contribution in [1.29, 1.82) is 0 Å². The molecule has 5 rings (SSSR count). The van der Waals surface area contributed by atoms with Gasteiger partial charge in [-0.2, -0.15) is 0 Å². The number of anilines is 1. The molecule has 2 aromatic carbocycles. The van der Waals surface area contributed by atoms with Crippen molar-refractivity contribution >= 4 is 22.6 Å². The summed E-state index contributed by atoms with van der Waals surface area (Å²) >= 11 is 0. The highest BCUT2D eigenvalue weighted by Gasteiger charge is 2.50. The number of urea groups is 1. The topological polar surface area (TPSA) is 61.4 Å². The summed E-state index contributed by atoms with van der Waals surface area (Å²) in [6.45, 7) is 0.698. The minimum atomic E-state index is -0.173. The summed E-state index contributed by atoms with van der Waals surface area (Å²) in [6.07, 6.45) is 7.29. The van der Waals surface area contributed by atoms with Gasteiger partial charge in [0.1, 0.15) is 6.33 Å². The number of carbonyl (C=O) groups is 1. The predicted octanol–water partition coefficient (Wildman–Crippen LogP) is 3.93. The van der Waals surface area contributed by atoms with Gasteiger partial charge in [0.15, 0.2) is 0 Å². The number of hydrogen-bond donors (Lipinski definition) is 1. The summed E-state index contributed by atoms with van der Waals surface area (Å²) in [4.78, 5) is 25.5. The first-order chi connectivity index (χ1) is 14.5. The summed E-state index contributed by atoms with van der Waals surface area (Å²) in [6, 6.07) is 16.7. The molecule has 30 heavy (non-hydrogen) atoms. The van der Waals surface area contributed by atoms with Crippen LogP contribution in [0.3, 0.4) is 0 Å². The molecule has 2 aliphatic rings. The first kappa shape index (κ1) is 19.0. The highest BCUT2D eigenvalue weighted by atomic mass is 16.2. The fourth-order valence-electron chi connectivity index (χ4n) is 5.22. The summed E-state index contributed by atoms with van der Waals surface area (Å²) in [5, 5.41) is 4.28. The second-order valence-corrected chi connectivity index (χ2v) is 8.85. The van der Waals surface area contributed by atoms with Crippen LogP contribution in [-0.4, -0.2) is 47.1 Å². The van der Waals surface area contributed by atoms with E-state index in [-0.39, 0.29) is 17.1 Å². The Bertz CT molecular complexity index is 1070. The van der Waals surface area contributed by atoms with Crippen LogP contribution in [0, 0.1) is 0 Å². The maximum atomic E-state index is 12.9. The highest BCUT2D eigenvalue weighted by Crippen LogP contribution is 2.46. The standard InChI is InChI=1S/C24H27N5O/c1-28(2)24(19-6-4-3-5-7-19)12-10-23(11-13-24)16-29(22(30)27-23)20-8-9-21-18(14-20)15-25-17-26-21/h3-9,14-15,17H,10-13,16H2,1-2H3,(H,27,30)/t23-,24+. The van der Waals surface area contributed by atoms with Gasteiger partial charge in [0.2, 0.25) is 0 Å². The van der Waals surface area contributed by atoms with E-state index in [1.807, 2.05) is 23.1 Å². The van der Waals surface area contributed by atoms with Crippen LogP contribution >= 0.6 is 0 Å². The maximum Gasteiger partial charge on any atom is 0.322 e. The van der Waals surface area contributed by atoms with Gasteiger partial charge in [-0.05, 0) is 63.5 Å².